The van der Waals surface area contributed by atoms with Crippen molar-refractivity contribution in [1.29, 1.82) is 0 Å². The summed E-state index contributed by atoms with van der Waals surface area (Å²) in [5.41, 5.74) is -1.40. The predicted octanol–water partition coefficient (Wildman–Crippen LogP) is 0.477. The minimum absolute atomic E-state index is 0.212. The molecule has 1 fully saturated rings. The maximum absolute atomic E-state index is 10.8. The molecule has 0 aliphatic carbocycles. The first kappa shape index (κ1) is 6.74. The lowest BCUT2D eigenvalue weighted by Crippen LogP contribution is -2.08. The third-order valence-corrected chi connectivity index (χ3v) is 2.64. The van der Waals surface area contributed by atoms with E-state index in [9.17, 15) is 9.36 Å². The minimum atomic E-state index is -3.48. The zero-order chi connectivity index (χ0) is 6.91. The number of hydrogen-bond donors (Lipinski definition) is 2. The predicted molar refractivity (Wildman–Crippen MR) is 29.6 cm³/mol. The summed E-state index contributed by atoms with van der Waals surface area (Å²) in [6.45, 7) is 0.563. The van der Waals surface area contributed by atoms with Gasteiger partial charge in [0.1, 0.15) is 0 Å². The molecule has 1 aliphatic rings. The molecule has 0 bridgehead atoms. The maximum Gasteiger partial charge on any atom is 0.405 e. The normalized spacial score (nSPS) is 34.7. The van der Waals surface area contributed by atoms with Crippen molar-refractivity contribution in [1.82, 2.24) is 5.09 Å². The molecule has 2 N–H and O–H groups in total. The number of carbonyl (C=O) groups is 1. The Hall–Kier alpha value is -0.380. The molecule has 1 aliphatic heterocycles. The van der Waals surface area contributed by atoms with Crippen LogP contribution in [0.1, 0.15) is 0 Å². The largest absolute Gasteiger partial charge is 0.473 e. The number of rotatable bonds is 1. The first-order chi connectivity index (χ1) is 4.15. The summed E-state index contributed by atoms with van der Waals surface area (Å²) in [5, 5.41) is 10.5. The van der Waals surface area contributed by atoms with Crippen LogP contribution in [0.15, 0.2) is 0 Å². The molecule has 1 atom stereocenters. The van der Waals surface area contributed by atoms with Crippen LogP contribution in [-0.4, -0.2) is 24.0 Å². The van der Waals surface area contributed by atoms with Gasteiger partial charge in [0.15, 0.2) is 0 Å². The van der Waals surface area contributed by atoms with Crippen LogP contribution in [0.5, 0.6) is 0 Å². The highest BCUT2D eigenvalue weighted by molar-refractivity contribution is 7.73. The average Bonchev–Trinajstić information content (AvgIpc) is 2.16. The second-order valence-corrected chi connectivity index (χ2v) is 3.64. The van der Waals surface area contributed by atoms with Crippen LogP contribution in [0.25, 0.3) is 0 Å². The lowest BCUT2D eigenvalue weighted by molar-refractivity contribution is 0.212. The number of carboxylic acid groups (broad SMARTS) is 1. The molecule has 6 heteroatoms. The molecule has 0 amide bonds. The zero-order valence-corrected chi connectivity index (χ0v) is 5.43. The van der Waals surface area contributed by atoms with E-state index in [1.807, 2.05) is 0 Å². The Morgan fingerprint density at radius 1 is 1.78 bits per heavy atom. The van der Waals surface area contributed by atoms with Crippen LogP contribution in [-0.2, 0) is 9.09 Å². The Morgan fingerprint density at radius 2 is 2.44 bits per heavy atom. The van der Waals surface area contributed by atoms with Crippen LogP contribution in [0, 0.1) is 0 Å². The Labute approximate surface area is 51.5 Å². The summed E-state index contributed by atoms with van der Waals surface area (Å²) in [6, 6.07) is 0. The third kappa shape index (κ3) is 1.13. The monoisotopic (exact) mass is 151 g/mol. The first-order valence-corrected chi connectivity index (χ1v) is 4.01. The summed E-state index contributed by atoms with van der Waals surface area (Å²) >= 11 is 0. The van der Waals surface area contributed by atoms with E-state index in [0.29, 0.717) is 6.54 Å². The highest BCUT2D eigenvalue weighted by Gasteiger charge is 2.36. The highest BCUT2D eigenvalue weighted by Crippen LogP contribution is 2.45. The summed E-state index contributed by atoms with van der Waals surface area (Å²) in [7, 11) is -3.48. The quantitative estimate of drug-likeness (QED) is 0.533. The smallest absolute Gasteiger partial charge is 0.405 e. The van der Waals surface area contributed by atoms with Crippen molar-refractivity contribution in [3.05, 3.63) is 0 Å². The van der Waals surface area contributed by atoms with Gasteiger partial charge in [-0.25, -0.2) is 9.88 Å². The van der Waals surface area contributed by atoms with Gasteiger partial charge in [-0.3, -0.25) is 4.57 Å². The Bertz CT molecular complexity index is 169. The van der Waals surface area contributed by atoms with Crippen LogP contribution in [0.3, 0.4) is 0 Å². The molecule has 0 spiro atoms. The van der Waals surface area contributed by atoms with Gasteiger partial charge in [0.25, 0.3) is 0 Å². The summed E-state index contributed by atoms with van der Waals surface area (Å²) in [6.07, 6.45) is 0. The molecule has 0 aromatic rings. The van der Waals surface area contributed by atoms with E-state index in [4.69, 9.17) is 5.11 Å². The fourth-order valence-electron chi connectivity index (χ4n) is 0.536. The lowest BCUT2D eigenvalue weighted by atomic mass is 10.8. The minimum Gasteiger partial charge on any atom is -0.473 e. The Kier molecular flexibility index (Phi) is 1.57. The van der Waals surface area contributed by atoms with Crippen molar-refractivity contribution < 1.29 is 19.0 Å². The summed E-state index contributed by atoms with van der Waals surface area (Å²) < 4.78 is 15.2. The first-order valence-electron chi connectivity index (χ1n) is 2.38. The molecule has 1 rings (SSSR count). The van der Waals surface area contributed by atoms with Crippen molar-refractivity contribution >= 4 is 13.2 Å². The molecule has 1 unspecified atom stereocenters. The standard InChI is InChI=1S/C3H6NO4P/c5-3(6)9(7)4-1-2-8-9/h1-2H2,(H,4,7)(H,5,6). The molecule has 0 saturated carbocycles. The van der Waals surface area contributed by atoms with Gasteiger partial charge in [0.05, 0.1) is 6.61 Å². The van der Waals surface area contributed by atoms with Crippen molar-refractivity contribution in [2.24, 2.45) is 0 Å². The average molecular weight is 151 g/mol. The molecule has 0 aromatic carbocycles. The Balaban J connectivity index is 2.74. The number of hydrogen-bond acceptors (Lipinski definition) is 3. The van der Waals surface area contributed by atoms with E-state index in [1.165, 1.54) is 0 Å². The topological polar surface area (TPSA) is 75.6 Å². The van der Waals surface area contributed by atoms with E-state index in [2.05, 4.69) is 9.61 Å². The van der Waals surface area contributed by atoms with Crippen LogP contribution < -0.4 is 5.09 Å². The van der Waals surface area contributed by atoms with Crippen LogP contribution in [0.2, 0.25) is 0 Å². The SMILES string of the molecule is O=C(O)P1(=O)NCCO1. The van der Waals surface area contributed by atoms with Gasteiger partial charge < -0.3 is 9.63 Å². The van der Waals surface area contributed by atoms with Gasteiger partial charge in [0.2, 0.25) is 0 Å². The van der Waals surface area contributed by atoms with Gasteiger partial charge in [0, 0.05) is 6.54 Å². The van der Waals surface area contributed by atoms with Gasteiger partial charge in [-0.15, -0.1) is 0 Å². The molecule has 0 radical (unpaired) electrons. The molecule has 52 valence electrons. The molecule has 5 nitrogen and oxygen atoms in total. The van der Waals surface area contributed by atoms with Crippen LogP contribution in [0.4, 0.5) is 4.79 Å². The molecule has 0 aromatic heterocycles. The van der Waals surface area contributed by atoms with Gasteiger partial charge in [-0.05, 0) is 0 Å². The van der Waals surface area contributed by atoms with Crippen molar-refractivity contribution in [2.45, 2.75) is 0 Å². The van der Waals surface area contributed by atoms with Gasteiger partial charge >= 0.3 is 13.2 Å². The third-order valence-electron chi connectivity index (χ3n) is 0.947. The Morgan fingerprint density at radius 3 is 2.67 bits per heavy atom. The molecule has 1 heterocycles. The maximum atomic E-state index is 10.8. The van der Waals surface area contributed by atoms with Gasteiger partial charge in [-0.1, -0.05) is 0 Å². The number of nitrogens with one attached hydrogen (secondary N) is 1. The molecular formula is C3H6NO4P. The van der Waals surface area contributed by atoms with Crippen molar-refractivity contribution in [2.75, 3.05) is 13.2 Å². The summed E-state index contributed by atoms with van der Waals surface area (Å²) in [4.78, 5) is 10.1. The van der Waals surface area contributed by atoms with E-state index in [0.717, 1.165) is 0 Å². The van der Waals surface area contributed by atoms with Crippen LogP contribution >= 0.6 is 7.52 Å². The van der Waals surface area contributed by atoms with Crippen molar-refractivity contribution in [3.8, 4) is 0 Å². The van der Waals surface area contributed by atoms with E-state index in [1.54, 1.807) is 0 Å². The second kappa shape index (κ2) is 2.10. The molecule has 9 heavy (non-hydrogen) atoms. The fraction of sp³-hybridized carbons (Fsp3) is 0.667. The lowest BCUT2D eigenvalue weighted by Gasteiger charge is -2.01. The van der Waals surface area contributed by atoms with Crippen molar-refractivity contribution in [3.63, 3.8) is 0 Å². The van der Waals surface area contributed by atoms with Gasteiger partial charge in [-0.2, -0.15) is 0 Å². The zero-order valence-electron chi connectivity index (χ0n) is 4.53. The second-order valence-electron chi connectivity index (χ2n) is 1.58. The summed E-state index contributed by atoms with van der Waals surface area (Å²) in [5.74, 6) is 0. The highest BCUT2D eigenvalue weighted by atomic mass is 31.2. The van der Waals surface area contributed by atoms with E-state index in [-0.39, 0.29) is 6.61 Å². The van der Waals surface area contributed by atoms with E-state index >= 15 is 0 Å². The molecule has 1 saturated heterocycles. The molecular weight excluding hydrogens is 145 g/mol. The fourth-order valence-corrected chi connectivity index (χ4v) is 1.61. The van der Waals surface area contributed by atoms with E-state index < -0.39 is 13.2 Å².